The van der Waals surface area contributed by atoms with E-state index in [1.165, 1.54) is 19.1 Å². The molecular weight excluding hydrogens is 472 g/mol. The molecule has 36 heavy (non-hydrogen) atoms. The maximum atomic E-state index is 10.1. The minimum Gasteiger partial charge on any atom is -0.503 e. The summed E-state index contributed by atoms with van der Waals surface area (Å²) in [6.45, 7) is 3.23. The van der Waals surface area contributed by atoms with Crippen molar-refractivity contribution >= 4 is 33.9 Å². The fourth-order valence-electron chi connectivity index (χ4n) is 4.75. The highest BCUT2D eigenvalue weighted by Gasteiger charge is 2.23. The summed E-state index contributed by atoms with van der Waals surface area (Å²) in [5.74, 6) is 0.270. The number of aromatic nitrogens is 1. The van der Waals surface area contributed by atoms with Crippen LogP contribution in [0.4, 0.5) is 11.4 Å². The molecular formula is C29H30ClN4O2. The minimum absolute atomic E-state index is 0.0632. The zero-order chi connectivity index (χ0) is 25.2. The SMILES string of the molecule is COc1cc(-c2ccc3nc[c]c(Nc4ccc(CN5CCC(N(C)C)C5)cc4)c3c2)cc(Cl)c1O. The highest BCUT2D eigenvalue weighted by atomic mass is 35.5. The maximum absolute atomic E-state index is 10.1. The zero-order valence-corrected chi connectivity index (χ0v) is 21.5. The van der Waals surface area contributed by atoms with Crippen LogP contribution in [0.2, 0.25) is 5.02 Å². The van der Waals surface area contributed by atoms with Crippen LogP contribution in [-0.2, 0) is 6.54 Å². The number of hydrogen-bond donors (Lipinski definition) is 2. The van der Waals surface area contributed by atoms with Gasteiger partial charge in [0, 0.05) is 49.0 Å². The van der Waals surface area contributed by atoms with Crippen molar-refractivity contribution in [2.45, 2.75) is 19.0 Å². The van der Waals surface area contributed by atoms with Gasteiger partial charge < -0.3 is 20.1 Å². The predicted molar refractivity (Wildman–Crippen MR) is 146 cm³/mol. The lowest BCUT2D eigenvalue weighted by atomic mass is 10.0. The molecule has 1 saturated heterocycles. The lowest BCUT2D eigenvalue weighted by Gasteiger charge is -2.20. The molecule has 1 radical (unpaired) electrons. The topological polar surface area (TPSA) is 60.9 Å². The Morgan fingerprint density at radius 2 is 1.94 bits per heavy atom. The number of hydrogen-bond acceptors (Lipinski definition) is 6. The Balaban J connectivity index is 1.37. The van der Waals surface area contributed by atoms with Crippen LogP contribution >= 0.6 is 11.6 Å². The largest absolute Gasteiger partial charge is 0.503 e. The van der Waals surface area contributed by atoms with Crippen molar-refractivity contribution in [1.82, 2.24) is 14.8 Å². The number of nitrogens with zero attached hydrogens (tertiary/aromatic N) is 3. The van der Waals surface area contributed by atoms with Gasteiger partial charge in [0.15, 0.2) is 11.5 Å². The Bertz CT molecular complexity index is 1370. The summed E-state index contributed by atoms with van der Waals surface area (Å²) in [4.78, 5) is 9.32. The quantitative estimate of drug-likeness (QED) is 0.326. The van der Waals surface area contributed by atoms with Gasteiger partial charge in [0.25, 0.3) is 0 Å². The first kappa shape index (κ1) is 24.4. The van der Waals surface area contributed by atoms with Crippen LogP contribution in [0, 0.1) is 6.07 Å². The molecule has 6 nitrogen and oxygen atoms in total. The van der Waals surface area contributed by atoms with E-state index < -0.39 is 0 Å². The third kappa shape index (κ3) is 5.12. The van der Waals surface area contributed by atoms with Gasteiger partial charge in [-0.15, -0.1) is 0 Å². The van der Waals surface area contributed by atoms with Gasteiger partial charge in [-0.1, -0.05) is 29.8 Å². The number of rotatable bonds is 7. The molecule has 2 heterocycles. The number of halogens is 1. The van der Waals surface area contributed by atoms with Crippen LogP contribution in [0.3, 0.4) is 0 Å². The molecule has 0 amide bonds. The van der Waals surface area contributed by atoms with E-state index in [0.29, 0.717) is 11.8 Å². The monoisotopic (exact) mass is 501 g/mol. The Labute approximate surface area is 217 Å². The number of methoxy groups -OCH3 is 1. The Morgan fingerprint density at radius 1 is 1.14 bits per heavy atom. The Hall–Kier alpha value is -3.32. The molecule has 0 saturated carbocycles. The highest BCUT2D eigenvalue weighted by Crippen LogP contribution is 2.39. The van der Waals surface area contributed by atoms with Crippen LogP contribution < -0.4 is 10.1 Å². The summed E-state index contributed by atoms with van der Waals surface area (Å²) in [5, 5.41) is 14.8. The molecule has 4 aromatic rings. The standard InChI is InChI=1S/C29H30ClN4O2/c1-33(2)23-11-13-34(18-23)17-19-4-7-22(8-5-19)32-27-10-12-31-26-9-6-20(14-24(26)27)21-15-25(30)29(35)28(16-21)36-3/h4-9,12,14-16,23,35H,11,13,17-18H2,1-3H3,(H,31,32). The second-order valence-corrected chi connectivity index (χ2v) is 9.89. The predicted octanol–water partition coefficient (Wildman–Crippen LogP) is 5.95. The fraction of sp³-hybridized carbons (Fsp3) is 0.276. The number of benzene rings is 3. The van der Waals surface area contributed by atoms with Crippen molar-refractivity contribution in [1.29, 1.82) is 0 Å². The van der Waals surface area contributed by atoms with E-state index in [-0.39, 0.29) is 10.8 Å². The molecule has 1 aliphatic heterocycles. The van der Waals surface area contributed by atoms with Gasteiger partial charge in [-0.05, 0) is 73.6 Å². The number of pyridine rings is 1. The zero-order valence-electron chi connectivity index (χ0n) is 20.8. The normalized spacial score (nSPS) is 16.1. The average Bonchev–Trinajstić information content (AvgIpc) is 3.36. The summed E-state index contributed by atoms with van der Waals surface area (Å²) in [6.07, 6.45) is 2.91. The number of aromatic hydroxyl groups is 1. The fourth-order valence-corrected chi connectivity index (χ4v) is 4.96. The van der Waals surface area contributed by atoms with Gasteiger partial charge in [-0.3, -0.25) is 9.88 Å². The second kappa shape index (κ2) is 10.3. The number of fused-ring (bicyclic) bond motifs is 1. The summed E-state index contributed by atoms with van der Waals surface area (Å²) in [7, 11) is 5.83. The molecule has 1 aromatic heterocycles. The van der Waals surface area contributed by atoms with Crippen LogP contribution in [0.5, 0.6) is 11.5 Å². The van der Waals surface area contributed by atoms with E-state index in [1.807, 2.05) is 18.2 Å². The molecule has 185 valence electrons. The number of phenolic OH excluding ortho intramolecular Hbond substituents is 1. The molecule has 0 spiro atoms. The molecule has 7 heteroatoms. The smallest absolute Gasteiger partial charge is 0.176 e. The van der Waals surface area contributed by atoms with Crippen molar-refractivity contribution in [3.05, 3.63) is 77.4 Å². The number of phenols is 1. The van der Waals surface area contributed by atoms with Crippen molar-refractivity contribution < 1.29 is 9.84 Å². The molecule has 0 aliphatic carbocycles. The average molecular weight is 502 g/mol. The van der Waals surface area contributed by atoms with Gasteiger partial charge in [0.05, 0.1) is 23.3 Å². The van der Waals surface area contributed by atoms with E-state index in [2.05, 4.69) is 64.5 Å². The number of likely N-dealkylation sites (tertiary alicyclic amines) is 1. The third-order valence-corrected chi connectivity index (χ3v) is 7.16. The molecule has 0 bridgehead atoms. The van der Waals surface area contributed by atoms with Crippen molar-refractivity contribution in [3.63, 3.8) is 0 Å². The van der Waals surface area contributed by atoms with Crippen LogP contribution in [-0.4, -0.2) is 60.2 Å². The number of anilines is 2. The Morgan fingerprint density at radius 3 is 2.67 bits per heavy atom. The minimum atomic E-state index is -0.0632. The van der Waals surface area contributed by atoms with Gasteiger partial charge in [-0.25, -0.2) is 0 Å². The van der Waals surface area contributed by atoms with Crippen LogP contribution in [0.25, 0.3) is 22.0 Å². The molecule has 1 unspecified atom stereocenters. The Kier molecular flexibility index (Phi) is 7.01. The second-order valence-electron chi connectivity index (χ2n) is 9.48. The summed E-state index contributed by atoms with van der Waals surface area (Å²) in [6, 6.07) is 22.0. The first-order valence-electron chi connectivity index (χ1n) is 12.0. The summed E-state index contributed by atoms with van der Waals surface area (Å²) in [5.41, 5.74) is 5.79. The molecule has 1 fully saturated rings. The third-order valence-electron chi connectivity index (χ3n) is 6.87. The molecule has 2 N–H and O–H groups in total. The molecule has 1 aliphatic rings. The van der Waals surface area contributed by atoms with E-state index in [0.717, 1.165) is 53.0 Å². The lowest BCUT2D eigenvalue weighted by Crippen LogP contribution is -2.31. The number of likely N-dealkylation sites (N-methyl/N-ethyl adjacent to an activating group) is 1. The summed E-state index contributed by atoms with van der Waals surface area (Å²) < 4.78 is 5.27. The maximum Gasteiger partial charge on any atom is 0.176 e. The van der Waals surface area contributed by atoms with E-state index in [9.17, 15) is 5.11 Å². The summed E-state index contributed by atoms with van der Waals surface area (Å²) >= 11 is 6.23. The van der Waals surface area contributed by atoms with Gasteiger partial charge in [0.1, 0.15) is 0 Å². The van der Waals surface area contributed by atoms with E-state index in [4.69, 9.17) is 16.3 Å². The number of ether oxygens (including phenoxy) is 1. The van der Waals surface area contributed by atoms with Crippen LogP contribution in [0.15, 0.2) is 60.8 Å². The van der Waals surface area contributed by atoms with Crippen molar-refractivity contribution in [2.24, 2.45) is 0 Å². The van der Waals surface area contributed by atoms with E-state index in [1.54, 1.807) is 18.3 Å². The van der Waals surface area contributed by atoms with Gasteiger partial charge >= 0.3 is 0 Å². The van der Waals surface area contributed by atoms with Crippen molar-refractivity contribution in [3.8, 4) is 22.6 Å². The highest BCUT2D eigenvalue weighted by molar-refractivity contribution is 6.32. The molecule has 5 rings (SSSR count). The number of nitrogens with one attached hydrogen (secondary N) is 1. The first-order chi connectivity index (χ1) is 17.4. The first-order valence-corrected chi connectivity index (χ1v) is 12.4. The van der Waals surface area contributed by atoms with Crippen molar-refractivity contribution in [2.75, 3.05) is 39.6 Å². The van der Waals surface area contributed by atoms with Gasteiger partial charge in [-0.2, -0.15) is 0 Å². The molecule has 1 atom stereocenters. The van der Waals surface area contributed by atoms with E-state index >= 15 is 0 Å². The molecule has 3 aromatic carbocycles. The van der Waals surface area contributed by atoms with Crippen LogP contribution in [0.1, 0.15) is 12.0 Å². The lowest BCUT2D eigenvalue weighted by molar-refractivity contribution is 0.264. The van der Waals surface area contributed by atoms with Gasteiger partial charge in [0.2, 0.25) is 0 Å².